The number of pyridine rings is 1. The molecule has 1 N–H and O–H groups in total. The highest BCUT2D eigenvalue weighted by Crippen LogP contribution is 2.36. The van der Waals surface area contributed by atoms with Crippen molar-refractivity contribution >= 4 is 40.9 Å². The zero-order chi connectivity index (χ0) is 39.5. The minimum absolute atomic E-state index is 0.0662. The Kier molecular flexibility index (Phi) is 9.20. The molecule has 4 saturated heterocycles. The fraction of sp³-hybridized carbons (Fsp3) is 0.372. The fourth-order valence-corrected chi connectivity index (χ4v) is 9.36. The summed E-state index contributed by atoms with van der Waals surface area (Å²) >= 11 is 0. The molecule has 4 fully saturated rings. The first-order valence-corrected chi connectivity index (χ1v) is 20.1. The van der Waals surface area contributed by atoms with Crippen LogP contribution in [0.25, 0.3) is 17.0 Å². The predicted octanol–water partition coefficient (Wildman–Crippen LogP) is 3.93. The number of benzene rings is 2. The molecule has 2 aromatic carbocycles. The molecule has 4 amide bonds. The number of imide groups is 2. The molecule has 296 valence electrons. The van der Waals surface area contributed by atoms with E-state index in [1.165, 1.54) is 6.07 Å². The second kappa shape index (κ2) is 14.7. The van der Waals surface area contributed by atoms with E-state index in [1.807, 2.05) is 47.1 Å². The number of nitrogens with one attached hydrogen (secondary N) is 1. The number of halogens is 1. The van der Waals surface area contributed by atoms with Crippen molar-refractivity contribution in [3.63, 3.8) is 0 Å². The number of carbonyl (C=O) groups excluding carboxylic acids is 4. The number of rotatable bonds is 9. The van der Waals surface area contributed by atoms with E-state index < -0.39 is 23.8 Å². The molecule has 0 bridgehead atoms. The summed E-state index contributed by atoms with van der Waals surface area (Å²) < 4.78 is 16.0. The summed E-state index contributed by atoms with van der Waals surface area (Å²) in [6.45, 7) is 8.07. The van der Waals surface area contributed by atoms with Crippen LogP contribution >= 0.6 is 0 Å². The van der Waals surface area contributed by atoms with Crippen LogP contribution in [0.4, 0.5) is 16.0 Å². The molecule has 0 radical (unpaired) electrons. The number of hydrogen-bond donors (Lipinski definition) is 1. The van der Waals surface area contributed by atoms with E-state index >= 15 is 0 Å². The highest BCUT2D eigenvalue weighted by molar-refractivity contribution is 6.23. The zero-order valence-electron chi connectivity index (χ0n) is 32.0. The highest BCUT2D eigenvalue weighted by atomic mass is 19.1. The molecule has 0 aliphatic carbocycles. The van der Waals surface area contributed by atoms with E-state index in [-0.39, 0.29) is 30.6 Å². The van der Waals surface area contributed by atoms with Crippen molar-refractivity contribution in [1.29, 1.82) is 0 Å². The van der Waals surface area contributed by atoms with Gasteiger partial charge in [-0.2, -0.15) is 0 Å². The van der Waals surface area contributed by atoms with Gasteiger partial charge < -0.3 is 9.80 Å². The Hall–Kier alpha value is -6.06. The molecule has 0 saturated carbocycles. The minimum atomic E-state index is -0.965. The first-order chi connectivity index (χ1) is 28.3. The Morgan fingerprint density at radius 2 is 1.60 bits per heavy atom. The average Bonchev–Trinajstić information content (AvgIpc) is 3.94. The largest absolute Gasteiger partial charge is 0.354 e. The summed E-state index contributed by atoms with van der Waals surface area (Å²) in [5.41, 5.74) is 4.91. The van der Waals surface area contributed by atoms with Gasteiger partial charge in [0.25, 0.3) is 11.8 Å². The van der Waals surface area contributed by atoms with Crippen molar-refractivity contribution in [2.45, 2.75) is 44.3 Å². The van der Waals surface area contributed by atoms with Gasteiger partial charge in [-0.05, 0) is 84.8 Å². The second-order valence-corrected chi connectivity index (χ2v) is 16.1. The summed E-state index contributed by atoms with van der Waals surface area (Å²) in [5, 5.41) is 7.27. The standard InChI is InChI=1S/C43H43FN10O4/c44-30-5-1-4-29(21-30)34-7-3-15-52(34)39-13-12-37-45-22-36(54(37)48-39)33-6-2-8-38(46-33)51-18-16-49(17-19-51)24-28-25-50(26-28)23-27-9-10-31-32(20-27)43(58)53(42(31)57)35-11-14-40(55)47-41(35)56/h1-2,4-6,8-10,12-13,20-22,28,34-35H,3,7,11,14-19,23-26H2,(H,47,55,56)/t34-,35?/m1/s1. The van der Waals surface area contributed by atoms with Crippen LogP contribution in [-0.4, -0.2) is 116 Å². The Morgan fingerprint density at radius 3 is 2.43 bits per heavy atom. The van der Waals surface area contributed by atoms with E-state index in [9.17, 15) is 23.6 Å². The maximum Gasteiger partial charge on any atom is 0.262 e. The Morgan fingerprint density at radius 1 is 0.776 bits per heavy atom. The number of nitrogens with zero attached hydrogens (tertiary/aromatic N) is 9. The average molecular weight is 783 g/mol. The van der Waals surface area contributed by atoms with Gasteiger partial charge in [0.2, 0.25) is 11.8 Å². The van der Waals surface area contributed by atoms with E-state index in [0.717, 1.165) is 110 Å². The molecular weight excluding hydrogens is 740 g/mol. The van der Waals surface area contributed by atoms with Crippen LogP contribution in [0, 0.1) is 11.7 Å². The molecule has 8 heterocycles. The SMILES string of the molecule is O=C1CCC(N2C(=O)c3ccc(CN4CC(CN5CCN(c6cccc(-c7cnc8ccc(N9CCC[C@@H]9c9cccc(F)c9)nn78)n6)CC5)C4)cc3C2=O)C(=O)N1. The molecule has 15 heteroatoms. The van der Waals surface area contributed by atoms with Crippen molar-refractivity contribution < 1.29 is 23.6 Å². The quantitative estimate of drug-likeness (QED) is 0.218. The van der Waals surface area contributed by atoms with Crippen LogP contribution in [0.1, 0.15) is 63.6 Å². The van der Waals surface area contributed by atoms with Gasteiger partial charge in [0, 0.05) is 65.3 Å². The maximum atomic E-state index is 14.1. The number of piperazine rings is 1. The van der Waals surface area contributed by atoms with Gasteiger partial charge in [0.15, 0.2) is 5.65 Å². The highest BCUT2D eigenvalue weighted by Gasteiger charge is 2.45. The van der Waals surface area contributed by atoms with Gasteiger partial charge in [0.1, 0.15) is 29.2 Å². The molecule has 5 aliphatic rings. The smallest absolute Gasteiger partial charge is 0.262 e. The lowest BCUT2D eigenvalue weighted by Crippen LogP contribution is -2.54. The number of amides is 4. The summed E-state index contributed by atoms with van der Waals surface area (Å²) in [7, 11) is 0. The summed E-state index contributed by atoms with van der Waals surface area (Å²) in [5.74, 6) is 0.132. The third kappa shape index (κ3) is 6.67. The molecule has 5 aliphatic heterocycles. The number of aromatic nitrogens is 4. The van der Waals surface area contributed by atoms with Crippen LogP contribution < -0.4 is 15.1 Å². The van der Waals surface area contributed by atoms with Crippen LogP contribution in [0.5, 0.6) is 0 Å². The van der Waals surface area contributed by atoms with Gasteiger partial charge in [-0.25, -0.2) is 18.9 Å². The van der Waals surface area contributed by atoms with Crippen molar-refractivity contribution in [1.82, 2.24) is 39.6 Å². The number of carbonyl (C=O) groups is 4. The van der Waals surface area contributed by atoms with E-state index in [4.69, 9.17) is 10.1 Å². The second-order valence-electron chi connectivity index (χ2n) is 16.1. The summed E-state index contributed by atoms with van der Waals surface area (Å²) in [6, 6.07) is 21.4. The third-order valence-corrected chi connectivity index (χ3v) is 12.3. The van der Waals surface area contributed by atoms with E-state index in [1.54, 1.807) is 24.3 Å². The molecule has 0 spiro atoms. The molecule has 2 atom stereocenters. The van der Waals surface area contributed by atoms with Gasteiger partial charge in [-0.1, -0.05) is 24.3 Å². The van der Waals surface area contributed by atoms with Crippen molar-refractivity contribution in [2.24, 2.45) is 5.92 Å². The molecule has 10 rings (SSSR count). The molecule has 3 aromatic heterocycles. The first-order valence-electron chi connectivity index (χ1n) is 20.1. The van der Waals surface area contributed by atoms with Crippen molar-refractivity contribution in [3.8, 4) is 11.4 Å². The molecule has 1 unspecified atom stereocenters. The third-order valence-electron chi connectivity index (χ3n) is 12.3. The Bertz CT molecular complexity index is 2460. The lowest BCUT2D eigenvalue weighted by molar-refractivity contribution is -0.136. The van der Waals surface area contributed by atoms with Crippen LogP contribution in [0.15, 0.2) is 79.0 Å². The predicted molar refractivity (Wildman–Crippen MR) is 212 cm³/mol. The van der Waals surface area contributed by atoms with Crippen LogP contribution in [-0.2, 0) is 16.1 Å². The lowest BCUT2D eigenvalue weighted by atomic mass is 9.97. The van der Waals surface area contributed by atoms with E-state index in [0.29, 0.717) is 23.6 Å². The maximum absolute atomic E-state index is 14.1. The normalized spacial score (nSPS) is 21.9. The number of imidazole rings is 1. The molecule has 14 nitrogen and oxygen atoms in total. The van der Waals surface area contributed by atoms with Crippen molar-refractivity contribution in [3.05, 3.63) is 107 Å². The van der Waals surface area contributed by atoms with E-state index in [2.05, 4.69) is 36.0 Å². The molecule has 5 aromatic rings. The van der Waals surface area contributed by atoms with Gasteiger partial charge in [0.05, 0.1) is 29.1 Å². The molecule has 58 heavy (non-hydrogen) atoms. The fourth-order valence-electron chi connectivity index (χ4n) is 9.36. The number of likely N-dealkylation sites (tertiary alicyclic amines) is 1. The van der Waals surface area contributed by atoms with Gasteiger partial charge in [-0.3, -0.25) is 39.2 Å². The monoisotopic (exact) mass is 782 g/mol. The number of hydrogen-bond acceptors (Lipinski definition) is 11. The summed E-state index contributed by atoms with van der Waals surface area (Å²) in [6.07, 6.45) is 4.02. The number of piperidine rings is 1. The van der Waals surface area contributed by atoms with Crippen molar-refractivity contribution in [2.75, 3.05) is 62.2 Å². The zero-order valence-corrected chi connectivity index (χ0v) is 32.0. The number of anilines is 2. The Balaban J connectivity index is 0.733. The topological polar surface area (TPSA) is 140 Å². The lowest BCUT2D eigenvalue weighted by Gasteiger charge is -2.44. The van der Waals surface area contributed by atoms with Gasteiger partial charge in [-0.15, -0.1) is 5.10 Å². The Labute approximate surface area is 334 Å². The first kappa shape index (κ1) is 36.3. The number of fused-ring (bicyclic) bond motifs is 2. The van der Waals surface area contributed by atoms with Gasteiger partial charge >= 0.3 is 0 Å². The minimum Gasteiger partial charge on any atom is -0.354 e. The van der Waals surface area contributed by atoms with Crippen LogP contribution in [0.3, 0.4) is 0 Å². The van der Waals surface area contributed by atoms with Crippen LogP contribution in [0.2, 0.25) is 0 Å². The molecular formula is C43H43FN10O4. The summed E-state index contributed by atoms with van der Waals surface area (Å²) in [4.78, 5) is 70.6.